The quantitative estimate of drug-likeness (QED) is 0.565. The normalized spacial score (nSPS) is 11.8. The van der Waals surface area contributed by atoms with Crippen LogP contribution in [0.3, 0.4) is 0 Å². The van der Waals surface area contributed by atoms with Crippen LogP contribution in [0.15, 0.2) is 42.5 Å². The van der Waals surface area contributed by atoms with Crippen LogP contribution in [0.1, 0.15) is 20.8 Å². The Balaban J connectivity index is 2.09. The highest BCUT2D eigenvalue weighted by molar-refractivity contribution is 5.98. The Hall–Kier alpha value is -3.16. The van der Waals surface area contributed by atoms with Crippen LogP contribution in [0.5, 0.6) is 0 Å². The summed E-state index contributed by atoms with van der Waals surface area (Å²) >= 11 is 0. The molecule has 0 fully saturated rings. The van der Waals surface area contributed by atoms with E-state index in [4.69, 9.17) is 0 Å². The van der Waals surface area contributed by atoms with Gasteiger partial charge in [0.25, 0.3) is 5.69 Å². The SMILES string of the molecule is CC(Nc1ccc(N(C)C(C)C)c(F)c1)C(=O)Nc1ccccc1[N+](=O)[O-]. The van der Waals surface area contributed by atoms with Crippen LogP contribution in [-0.2, 0) is 4.79 Å². The van der Waals surface area contributed by atoms with Crippen LogP contribution in [0.4, 0.5) is 27.1 Å². The van der Waals surface area contributed by atoms with Gasteiger partial charge in [0.2, 0.25) is 5.91 Å². The van der Waals surface area contributed by atoms with Crippen LogP contribution in [-0.4, -0.2) is 30.0 Å². The fourth-order valence-electron chi connectivity index (χ4n) is 2.46. The second kappa shape index (κ2) is 8.48. The summed E-state index contributed by atoms with van der Waals surface area (Å²) in [5.41, 5.74) is 0.831. The highest BCUT2D eigenvalue weighted by Gasteiger charge is 2.19. The monoisotopic (exact) mass is 374 g/mol. The molecule has 0 aromatic heterocycles. The first-order chi connectivity index (χ1) is 12.7. The Labute approximate surface area is 157 Å². The molecule has 0 aliphatic heterocycles. The molecule has 2 rings (SSSR count). The summed E-state index contributed by atoms with van der Waals surface area (Å²) in [6.07, 6.45) is 0. The van der Waals surface area contributed by atoms with E-state index in [9.17, 15) is 19.3 Å². The van der Waals surface area contributed by atoms with Crippen molar-refractivity contribution in [1.29, 1.82) is 0 Å². The standard InChI is InChI=1S/C19H23FN4O3/c1-12(2)23(4)17-10-9-14(11-15(17)20)21-13(3)19(25)22-16-7-5-6-8-18(16)24(26)27/h5-13,21H,1-4H3,(H,22,25). The van der Waals surface area contributed by atoms with Gasteiger partial charge in [0, 0.05) is 24.8 Å². The van der Waals surface area contributed by atoms with E-state index in [-0.39, 0.29) is 17.4 Å². The lowest BCUT2D eigenvalue weighted by Gasteiger charge is -2.25. The average molecular weight is 374 g/mol. The van der Waals surface area contributed by atoms with Crippen molar-refractivity contribution in [1.82, 2.24) is 0 Å². The van der Waals surface area contributed by atoms with Gasteiger partial charge in [-0.1, -0.05) is 12.1 Å². The van der Waals surface area contributed by atoms with Crippen molar-refractivity contribution in [2.45, 2.75) is 32.9 Å². The largest absolute Gasteiger partial charge is 0.374 e. The molecule has 144 valence electrons. The number of benzene rings is 2. The third kappa shape index (κ3) is 4.93. The minimum atomic E-state index is -0.724. The summed E-state index contributed by atoms with van der Waals surface area (Å²) in [4.78, 5) is 24.6. The molecule has 8 heteroatoms. The van der Waals surface area contributed by atoms with E-state index in [1.54, 1.807) is 32.2 Å². The number of nitro benzene ring substituents is 1. The number of carbonyl (C=O) groups is 1. The van der Waals surface area contributed by atoms with Crippen molar-refractivity contribution < 1.29 is 14.1 Å². The van der Waals surface area contributed by atoms with Crippen molar-refractivity contribution in [3.8, 4) is 0 Å². The van der Waals surface area contributed by atoms with Crippen molar-refractivity contribution in [2.75, 3.05) is 22.6 Å². The Bertz CT molecular complexity index is 841. The number of anilines is 3. The van der Waals surface area contributed by atoms with E-state index in [1.807, 2.05) is 18.7 Å². The van der Waals surface area contributed by atoms with Crippen LogP contribution in [0.25, 0.3) is 0 Å². The molecule has 27 heavy (non-hydrogen) atoms. The molecule has 0 radical (unpaired) electrons. The average Bonchev–Trinajstić information content (AvgIpc) is 2.61. The first kappa shape index (κ1) is 20.2. The minimum Gasteiger partial charge on any atom is -0.374 e. The van der Waals surface area contributed by atoms with E-state index in [1.165, 1.54) is 24.3 Å². The molecule has 0 spiro atoms. The van der Waals surface area contributed by atoms with E-state index < -0.39 is 22.7 Å². The molecule has 2 N–H and O–H groups in total. The van der Waals surface area contributed by atoms with E-state index in [0.29, 0.717) is 11.4 Å². The van der Waals surface area contributed by atoms with Crippen molar-refractivity contribution in [3.63, 3.8) is 0 Å². The van der Waals surface area contributed by atoms with Gasteiger partial charge in [-0.3, -0.25) is 14.9 Å². The van der Waals surface area contributed by atoms with Crippen LogP contribution >= 0.6 is 0 Å². The van der Waals surface area contributed by atoms with E-state index in [2.05, 4.69) is 10.6 Å². The molecule has 1 atom stereocenters. The van der Waals surface area contributed by atoms with Gasteiger partial charge in [-0.05, 0) is 45.0 Å². The van der Waals surface area contributed by atoms with E-state index >= 15 is 0 Å². The third-order valence-corrected chi connectivity index (χ3v) is 4.24. The summed E-state index contributed by atoms with van der Waals surface area (Å²) in [5, 5.41) is 16.5. The van der Waals surface area contributed by atoms with Crippen LogP contribution < -0.4 is 15.5 Å². The van der Waals surface area contributed by atoms with Gasteiger partial charge < -0.3 is 15.5 Å². The topological polar surface area (TPSA) is 87.5 Å². The lowest BCUT2D eigenvalue weighted by Crippen LogP contribution is -2.32. The fraction of sp³-hybridized carbons (Fsp3) is 0.316. The molecular formula is C19H23FN4O3. The van der Waals surface area contributed by atoms with E-state index in [0.717, 1.165) is 0 Å². The number of amides is 1. The Morgan fingerprint density at radius 3 is 2.44 bits per heavy atom. The summed E-state index contributed by atoms with van der Waals surface area (Å²) in [6, 6.07) is 9.96. The first-order valence-corrected chi connectivity index (χ1v) is 8.54. The van der Waals surface area contributed by atoms with Gasteiger partial charge >= 0.3 is 0 Å². The second-order valence-electron chi connectivity index (χ2n) is 6.50. The second-order valence-corrected chi connectivity index (χ2v) is 6.50. The molecule has 1 amide bonds. The highest BCUT2D eigenvalue weighted by atomic mass is 19.1. The molecule has 0 aliphatic rings. The maximum atomic E-state index is 14.3. The van der Waals surface area contributed by atoms with Crippen molar-refractivity contribution in [2.24, 2.45) is 0 Å². The van der Waals surface area contributed by atoms with Crippen LogP contribution in [0.2, 0.25) is 0 Å². The van der Waals surface area contributed by atoms with Crippen LogP contribution in [0, 0.1) is 15.9 Å². The summed E-state index contributed by atoms with van der Waals surface area (Å²) in [7, 11) is 1.80. The molecule has 7 nitrogen and oxygen atoms in total. The lowest BCUT2D eigenvalue weighted by molar-refractivity contribution is -0.383. The zero-order chi connectivity index (χ0) is 20.1. The summed E-state index contributed by atoms with van der Waals surface area (Å²) < 4.78 is 14.3. The molecule has 1 unspecified atom stereocenters. The van der Waals surface area contributed by atoms with Crippen molar-refractivity contribution >= 4 is 28.7 Å². The number of nitrogens with zero attached hydrogens (tertiary/aromatic N) is 2. The zero-order valence-corrected chi connectivity index (χ0v) is 15.7. The number of halogens is 1. The minimum absolute atomic E-state index is 0.112. The number of hydrogen-bond acceptors (Lipinski definition) is 5. The molecule has 2 aromatic rings. The summed E-state index contributed by atoms with van der Waals surface area (Å²) in [6.45, 7) is 5.51. The molecule has 0 aliphatic carbocycles. The molecule has 0 saturated heterocycles. The van der Waals surface area contributed by atoms with Gasteiger partial charge in [-0.15, -0.1) is 0 Å². The van der Waals surface area contributed by atoms with Gasteiger partial charge in [0.1, 0.15) is 17.5 Å². The number of rotatable bonds is 7. The highest BCUT2D eigenvalue weighted by Crippen LogP contribution is 2.25. The first-order valence-electron chi connectivity index (χ1n) is 8.54. The number of hydrogen-bond donors (Lipinski definition) is 2. The number of para-hydroxylation sites is 2. The molecule has 0 saturated carbocycles. The molecule has 0 heterocycles. The van der Waals surface area contributed by atoms with Crippen molar-refractivity contribution in [3.05, 3.63) is 58.4 Å². The smallest absolute Gasteiger partial charge is 0.292 e. The predicted octanol–water partition coefficient (Wildman–Crippen LogP) is 4.02. The van der Waals surface area contributed by atoms with Gasteiger partial charge in [-0.25, -0.2) is 4.39 Å². The van der Waals surface area contributed by atoms with Gasteiger partial charge in [0.05, 0.1) is 10.6 Å². The fourth-order valence-corrected chi connectivity index (χ4v) is 2.46. The van der Waals surface area contributed by atoms with Gasteiger partial charge in [0.15, 0.2) is 0 Å². The lowest BCUT2D eigenvalue weighted by atomic mass is 10.2. The zero-order valence-electron chi connectivity index (χ0n) is 15.7. The Morgan fingerprint density at radius 2 is 1.85 bits per heavy atom. The molecule has 2 aromatic carbocycles. The number of nitrogens with one attached hydrogen (secondary N) is 2. The molecule has 0 bridgehead atoms. The molecular weight excluding hydrogens is 351 g/mol. The summed E-state index contributed by atoms with van der Waals surface area (Å²) in [5.74, 6) is -0.865. The predicted molar refractivity (Wildman–Crippen MR) is 105 cm³/mol. The third-order valence-electron chi connectivity index (χ3n) is 4.24. The Kier molecular flexibility index (Phi) is 6.33. The Morgan fingerprint density at radius 1 is 1.19 bits per heavy atom. The van der Waals surface area contributed by atoms with Gasteiger partial charge in [-0.2, -0.15) is 0 Å². The number of nitro groups is 1. The maximum Gasteiger partial charge on any atom is 0.292 e. The number of carbonyl (C=O) groups excluding carboxylic acids is 1. The maximum absolute atomic E-state index is 14.3.